The molecule has 3 aromatic rings. The van der Waals surface area contributed by atoms with Crippen LogP contribution in [-0.4, -0.2) is 29.2 Å². The minimum atomic E-state index is 0.0915. The molecule has 9 nitrogen and oxygen atoms in total. The smallest absolute Gasteiger partial charge is 0.221 e. The number of nitrogens with one attached hydrogen (secondary N) is 2. The highest BCUT2D eigenvalue weighted by Crippen LogP contribution is 2.25. The van der Waals surface area contributed by atoms with Crippen molar-refractivity contribution < 1.29 is 9.47 Å². The molecule has 0 atom stereocenters. The Morgan fingerprint density at radius 2 is 1.90 bits per heavy atom. The maximum atomic E-state index is 7.54. The Balaban J connectivity index is 1.81. The van der Waals surface area contributed by atoms with E-state index in [2.05, 4.69) is 25.4 Å². The van der Waals surface area contributed by atoms with Gasteiger partial charge in [-0.05, 0) is 30.3 Å². The zero-order valence-electron chi connectivity index (χ0n) is 16.8. The van der Waals surface area contributed by atoms with Crippen molar-refractivity contribution >= 4 is 11.6 Å². The molecule has 0 bridgehead atoms. The zero-order valence-corrected chi connectivity index (χ0v) is 16.8. The van der Waals surface area contributed by atoms with Crippen LogP contribution in [0.15, 0.2) is 59.8 Å². The van der Waals surface area contributed by atoms with Gasteiger partial charge in [0.05, 0.1) is 43.0 Å². The van der Waals surface area contributed by atoms with E-state index >= 15 is 0 Å². The maximum absolute atomic E-state index is 7.54. The highest BCUT2D eigenvalue weighted by atomic mass is 16.5. The largest absolute Gasteiger partial charge is 0.497 e. The fourth-order valence-corrected chi connectivity index (χ4v) is 2.80. The van der Waals surface area contributed by atoms with Crippen LogP contribution in [0.5, 0.6) is 5.75 Å². The fraction of sp³-hybridized carbons (Fsp3) is 0.190. The molecule has 0 unspecified atom stereocenters. The van der Waals surface area contributed by atoms with Crippen molar-refractivity contribution in [2.45, 2.75) is 13.2 Å². The summed E-state index contributed by atoms with van der Waals surface area (Å²) in [5.41, 5.74) is 17.3. The van der Waals surface area contributed by atoms with Crippen molar-refractivity contribution in [2.24, 2.45) is 5.11 Å². The summed E-state index contributed by atoms with van der Waals surface area (Å²) in [5.74, 6) is 0.797. The maximum Gasteiger partial charge on any atom is 0.221 e. The number of pyridine rings is 1. The summed E-state index contributed by atoms with van der Waals surface area (Å²) in [6, 6.07) is 14.9. The number of nitrogen functional groups attached to an aromatic ring is 1. The van der Waals surface area contributed by atoms with E-state index in [-0.39, 0.29) is 5.95 Å². The number of nitrogens with zero attached hydrogens (tertiary/aromatic N) is 4. The van der Waals surface area contributed by atoms with Gasteiger partial charge in [0.15, 0.2) is 0 Å². The summed E-state index contributed by atoms with van der Waals surface area (Å²) in [4.78, 5) is 13.0. The molecule has 0 fully saturated rings. The van der Waals surface area contributed by atoms with E-state index in [0.717, 1.165) is 17.0 Å². The Bertz CT molecular complexity index is 1050. The first kappa shape index (κ1) is 20.9. The Kier molecular flexibility index (Phi) is 7.01. The predicted octanol–water partition coefficient (Wildman–Crippen LogP) is 3.39. The summed E-state index contributed by atoms with van der Waals surface area (Å²) >= 11 is 0. The second-order valence-corrected chi connectivity index (χ2v) is 6.30. The van der Waals surface area contributed by atoms with Crippen LogP contribution in [-0.2, 0) is 17.9 Å². The Hall–Kier alpha value is -3.85. The molecule has 0 radical (unpaired) electrons. The quantitative estimate of drug-likeness (QED) is 0.465. The molecule has 1 aromatic carbocycles. The van der Waals surface area contributed by atoms with Crippen LogP contribution < -0.4 is 15.8 Å². The van der Waals surface area contributed by atoms with Crippen molar-refractivity contribution in [2.75, 3.05) is 20.0 Å². The van der Waals surface area contributed by atoms with Gasteiger partial charge in [0.1, 0.15) is 11.4 Å². The topological polar surface area (TPSA) is 131 Å². The normalized spacial score (nSPS) is 11.2. The number of ether oxygens (including phenoxy) is 2. The minimum absolute atomic E-state index is 0.0915. The van der Waals surface area contributed by atoms with Gasteiger partial charge in [-0.3, -0.25) is 4.98 Å². The third kappa shape index (κ3) is 5.36. The van der Waals surface area contributed by atoms with E-state index in [4.69, 9.17) is 20.7 Å². The summed E-state index contributed by atoms with van der Waals surface area (Å²) in [6.45, 7) is 0.907. The zero-order chi connectivity index (χ0) is 21.3. The van der Waals surface area contributed by atoms with E-state index in [1.165, 1.54) is 0 Å². The lowest BCUT2D eigenvalue weighted by molar-refractivity contribution is 0.181. The van der Waals surface area contributed by atoms with Crippen molar-refractivity contribution in [1.29, 1.82) is 5.53 Å². The molecule has 154 valence electrons. The van der Waals surface area contributed by atoms with Crippen molar-refractivity contribution in [3.8, 4) is 17.0 Å². The Labute approximate surface area is 174 Å². The lowest BCUT2D eigenvalue weighted by atomic mass is 10.1. The molecule has 4 N–H and O–H groups in total. The third-order valence-electron chi connectivity index (χ3n) is 4.17. The van der Waals surface area contributed by atoms with Gasteiger partial charge < -0.3 is 20.5 Å². The average molecular weight is 405 g/mol. The van der Waals surface area contributed by atoms with Gasteiger partial charge in [0.2, 0.25) is 5.95 Å². The molecule has 0 saturated heterocycles. The van der Waals surface area contributed by atoms with E-state index in [1.54, 1.807) is 26.5 Å². The first-order valence-electron chi connectivity index (χ1n) is 9.17. The van der Waals surface area contributed by atoms with E-state index in [9.17, 15) is 0 Å². The van der Waals surface area contributed by atoms with Crippen LogP contribution in [0.25, 0.3) is 17.0 Å². The first-order chi connectivity index (χ1) is 14.6. The predicted molar refractivity (Wildman–Crippen MR) is 113 cm³/mol. The molecule has 0 aliphatic carbocycles. The second-order valence-electron chi connectivity index (χ2n) is 6.30. The van der Waals surface area contributed by atoms with Crippen molar-refractivity contribution in [1.82, 2.24) is 20.3 Å². The van der Waals surface area contributed by atoms with Gasteiger partial charge in [-0.25, -0.2) is 15.5 Å². The molecule has 0 spiro atoms. The molecule has 2 aromatic heterocycles. The first-order valence-corrected chi connectivity index (χ1v) is 9.17. The van der Waals surface area contributed by atoms with Crippen LogP contribution in [0.4, 0.5) is 5.95 Å². The van der Waals surface area contributed by atoms with Gasteiger partial charge in [-0.15, -0.1) is 0 Å². The van der Waals surface area contributed by atoms with Crippen LogP contribution >= 0.6 is 0 Å². The Morgan fingerprint density at radius 3 is 2.67 bits per heavy atom. The summed E-state index contributed by atoms with van der Waals surface area (Å²) < 4.78 is 10.4. The summed E-state index contributed by atoms with van der Waals surface area (Å²) in [5, 5.41) is 6.70. The molecule has 3 rings (SSSR count). The molecular formula is C21H23N7O2. The number of hydrogen-bond donors (Lipinski definition) is 3. The van der Waals surface area contributed by atoms with Crippen LogP contribution in [0, 0.1) is 5.53 Å². The molecule has 2 heterocycles. The standard InChI is InChI=1S/C21H23N7O2/c1-29-13-16-7-4-6-15(25-16)11-24-12-20(28-23)19-10-18(26-21(22)27-19)14-5-3-8-17(9-14)30-2/h3-10,12,23-24H,11,13H2,1-2H3,(H2,22,26,27)/b20-12-,28-23?. The van der Waals surface area contributed by atoms with Gasteiger partial charge >= 0.3 is 0 Å². The molecule has 0 saturated carbocycles. The van der Waals surface area contributed by atoms with E-state index in [1.807, 2.05) is 42.5 Å². The van der Waals surface area contributed by atoms with Crippen molar-refractivity contribution in [3.05, 3.63) is 71.8 Å². The number of anilines is 1. The number of benzene rings is 1. The highest BCUT2D eigenvalue weighted by Gasteiger charge is 2.10. The number of nitrogens with two attached hydrogens (primary N) is 1. The number of hydrogen-bond acceptors (Lipinski definition) is 9. The number of aromatic nitrogens is 3. The molecule has 9 heteroatoms. The van der Waals surface area contributed by atoms with E-state index < -0.39 is 0 Å². The van der Waals surface area contributed by atoms with Gasteiger partial charge in [0.25, 0.3) is 0 Å². The fourth-order valence-electron chi connectivity index (χ4n) is 2.80. The number of methoxy groups -OCH3 is 2. The van der Waals surface area contributed by atoms with Crippen molar-refractivity contribution in [3.63, 3.8) is 0 Å². The molecule has 0 amide bonds. The molecule has 0 aliphatic rings. The monoisotopic (exact) mass is 405 g/mol. The Morgan fingerprint density at radius 1 is 1.10 bits per heavy atom. The SMILES string of the molecule is COCc1cccc(CN/C=C(\N=N)c2cc(-c3cccc(OC)c3)nc(N)n2)n1. The number of rotatable bonds is 9. The third-order valence-corrected chi connectivity index (χ3v) is 4.17. The van der Waals surface area contributed by atoms with Crippen LogP contribution in [0.2, 0.25) is 0 Å². The van der Waals surface area contributed by atoms with E-state index in [0.29, 0.717) is 36.0 Å². The highest BCUT2D eigenvalue weighted by molar-refractivity contribution is 5.69. The minimum Gasteiger partial charge on any atom is -0.497 e. The van der Waals surface area contributed by atoms with Gasteiger partial charge in [-0.2, -0.15) is 5.11 Å². The molecule has 30 heavy (non-hydrogen) atoms. The average Bonchev–Trinajstić information content (AvgIpc) is 2.77. The van der Waals surface area contributed by atoms with Crippen LogP contribution in [0.1, 0.15) is 17.1 Å². The summed E-state index contributed by atoms with van der Waals surface area (Å²) in [6.07, 6.45) is 1.61. The van der Waals surface area contributed by atoms with Gasteiger partial charge in [-0.1, -0.05) is 18.2 Å². The lowest BCUT2D eigenvalue weighted by Gasteiger charge is -2.08. The van der Waals surface area contributed by atoms with Crippen LogP contribution in [0.3, 0.4) is 0 Å². The molecular weight excluding hydrogens is 382 g/mol. The van der Waals surface area contributed by atoms with Gasteiger partial charge in [0, 0.05) is 18.9 Å². The molecule has 0 aliphatic heterocycles. The lowest BCUT2D eigenvalue weighted by Crippen LogP contribution is -2.09. The second kappa shape index (κ2) is 10.1. The summed E-state index contributed by atoms with van der Waals surface area (Å²) in [7, 11) is 3.23.